The average molecular weight is 463 g/mol. The molecule has 0 atom stereocenters. The fourth-order valence-electron chi connectivity index (χ4n) is 3.47. The second-order valence-corrected chi connectivity index (χ2v) is 7.94. The highest BCUT2D eigenvalue weighted by atomic mass is 32.2. The van der Waals surface area contributed by atoms with Gasteiger partial charge < -0.3 is 14.2 Å². The van der Waals surface area contributed by atoms with Crippen LogP contribution in [0.4, 0.5) is 0 Å². The molecule has 4 rings (SSSR count). The van der Waals surface area contributed by atoms with Crippen LogP contribution in [0.15, 0.2) is 76.7 Å². The van der Waals surface area contributed by atoms with E-state index in [0.717, 1.165) is 0 Å². The lowest BCUT2D eigenvalue weighted by Crippen LogP contribution is -2.22. The van der Waals surface area contributed by atoms with Gasteiger partial charge in [-0.2, -0.15) is 0 Å². The van der Waals surface area contributed by atoms with Crippen LogP contribution in [0.25, 0.3) is 16.6 Å². The predicted octanol–water partition coefficient (Wildman–Crippen LogP) is 4.39. The molecule has 0 aliphatic rings. The maximum atomic E-state index is 13.4. The van der Waals surface area contributed by atoms with Crippen molar-refractivity contribution >= 4 is 28.4 Å². The topological polar surface area (TPSA) is 79.7 Å². The van der Waals surface area contributed by atoms with E-state index in [1.54, 1.807) is 62.8 Å². The highest BCUT2D eigenvalue weighted by Crippen LogP contribution is 2.29. The van der Waals surface area contributed by atoms with Crippen LogP contribution in [0.1, 0.15) is 10.4 Å². The number of para-hydroxylation sites is 3. The van der Waals surface area contributed by atoms with Crippen LogP contribution in [0.3, 0.4) is 0 Å². The van der Waals surface area contributed by atoms with Crippen molar-refractivity contribution < 1.29 is 19.0 Å². The Kier molecular flexibility index (Phi) is 6.65. The first-order valence-corrected chi connectivity index (χ1v) is 11.1. The predicted molar refractivity (Wildman–Crippen MR) is 128 cm³/mol. The minimum absolute atomic E-state index is 0.0582. The number of rotatable bonds is 8. The van der Waals surface area contributed by atoms with Gasteiger partial charge in [0.2, 0.25) is 0 Å². The van der Waals surface area contributed by atoms with Crippen molar-refractivity contribution in [3.63, 3.8) is 0 Å². The number of fused-ring (bicyclic) bond motifs is 1. The lowest BCUT2D eigenvalue weighted by atomic mass is 10.1. The number of ketones is 1. The van der Waals surface area contributed by atoms with E-state index in [1.807, 2.05) is 18.2 Å². The third kappa shape index (κ3) is 4.42. The Bertz CT molecular complexity index is 1380. The molecule has 0 radical (unpaired) electrons. The number of methoxy groups -OCH3 is 3. The second kappa shape index (κ2) is 9.79. The quantitative estimate of drug-likeness (QED) is 0.218. The summed E-state index contributed by atoms with van der Waals surface area (Å²) in [5.74, 6) is 1.45. The average Bonchev–Trinajstić information content (AvgIpc) is 2.87. The normalized spacial score (nSPS) is 10.8. The summed E-state index contributed by atoms with van der Waals surface area (Å²) in [4.78, 5) is 31.2. The van der Waals surface area contributed by atoms with E-state index in [2.05, 4.69) is 0 Å². The molecule has 0 bridgehead atoms. The van der Waals surface area contributed by atoms with Crippen molar-refractivity contribution in [2.24, 2.45) is 0 Å². The number of carbonyl (C=O) groups is 1. The molecule has 0 unspecified atom stereocenters. The SMILES string of the molecule is COc1ccc(C(=O)CSc2nc3ccccc3c(=O)n2-c2ccccc2OC)c(OC)c1. The number of nitrogens with zero attached hydrogens (tertiary/aromatic N) is 2. The Balaban J connectivity index is 1.76. The summed E-state index contributed by atoms with van der Waals surface area (Å²) >= 11 is 1.18. The van der Waals surface area contributed by atoms with Gasteiger partial charge in [-0.1, -0.05) is 36.0 Å². The smallest absolute Gasteiger partial charge is 0.266 e. The van der Waals surface area contributed by atoms with Crippen LogP contribution < -0.4 is 19.8 Å². The monoisotopic (exact) mass is 462 g/mol. The van der Waals surface area contributed by atoms with E-state index in [9.17, 15) is 9.59 Å². The summed E-state index contributed by atoms with van der Waals surface area (Å²) < 4.78 is 17.5. The summed E-state index contributed by atoms with van der Waals surface area (Å²) in [6.07, 6.45) is 0. The van der Waals surface area contributed by atoms with Gasteiger partial charge in [0.05, 0.1) is 49.2 Å². The zero-order chi connectivity index (χ0) is 23.4. The fraction of sp³-hybridized carbons (Fsp3) is 0.160. The number of carbonyl (C=O) groups excluding carboxylic acids is 1. The summed E-state index contributed by atoms with van der Waals surface area (Å²) in [5.41, 5.74) is 1.31. The standard InChI is InChI=1S/C25H22N2O5S/c1-30-16-12-13-18(23(14-16)32-3)21(28)15-33-25-26-19-9-5-4-8-17(19)24(29)27(25)20-10-6-7-11-22(20)31-2/h4-14H,15H2,1-3H3. The van der Waals surface area contributed by atoms with Gasteiger partial charge in [-0.15, -0.1) is 0 Å². The van der Waals surface area contributed by atoms with Crippen LogP contribution in [0.5, 0.6) is 17.2 Å². The number of hydrogen-bond donors (Lipinski definition) is 0. The third-order valence-corrected chi connectivity index (χ3v) is 6.05. The van der Waals surface area contributed by atoms with Crippen molar-refractivity contribution in [2.45, 2.75) is 5.16 Å². The molecule has 33 heavy (non-hydrogen) atoms. The molecule has 3 aromatic carbocycles. The molecule has 0 aliphatic heterocycles. The van der Waals surface area contributed by atoms with E-state index in [-0.39, 0.29) is 17.1 Å². The first kappa shape index (κ1) is 22.4. The molecular formula is C25H22N2O5S. The lowest BCUT2D eigenvalue weighted by molar-refractivity contribution is 0.101. The van der Waals surface area contributed by atoms with E-state index in [1.165, 1.54) is 23.4 Å². The lowest BCUT2D eigenvalue weighted by Gasteiger charge is -2.16. The number of aromatic nitrogens is 2. The van der Waals surface area contributed by atoms with Gasteiger partial charge in [0, 0.05) is 6.07 Å². The van der Waals surface area contributed by atoms with Crippen LogP contribution in [-0.4, -0.2) is 42.4 Å². The van der Waals surface area contributed by atoms with Crippen molar-refractivity contribution in [1.82, 2.24) is 9.55 Å². The maximum absolute atomic E-state index is 13.4. The molecule has 4 aromatic rings. The molecule has 7 nitrogen and oxygen atoms in total. The fourth-order valence-corrected chi connectivity index (χ4v) is 4.36. The molecule has 0 fully saturated rings. The minimum atomic E-state index is -0.234. The zero-order valence-corrected chi connectivity index (χ0v) is 19.2. The Hall–Kier alpha value is -3.78. The van der Waals surface area contributed by atoms with Gasteiger partial charge in [0.15, 0.2) is 10.9 Å². The van der Waals surface area contributed by atoms with Crippen molar-refractivity contribution in [3.8, 4) is 22.9 Å². The second-order valence-electron chi connectivity index (χ2n) is 7.00. The molecule has 1 aromatic heterocycles. The molecule has 0 amide bonds. The number of benzene rings is 3. The molecule has 0 spiro atoms. The van der Waals surface area contributed by atoms with Gasteiger partial charge in [0.1, 0.15) is 17.2 Å². The van der Waals surface area contributed by atoms with Gasteiger partial charge in [-0.3, -0.25) is 14.2 Å². The van der Waals surface area contributed by atoms with Crippen LogP contribution in [0, 0.1) is 0 Å². The Labute approximate surface area is 194 Å². The van der Waals surface area contributed by atoms with E-state index in [4.69, 9.17) is 19.2 Å². The molecule has 0 saturated heterocycles. The number of Topliss-reactive ketones (excluding diaryl/α,β-unsaturated/α-hetero) is 1. The minimum Gasteiger partial charge on any atom is -0.497 e. The number of ether oxygens (including phenoxy) is 3. The van der Waals surface area contributed by atoms with E-state index < -0.39 is 0 Å². The van der Waals surface area contributed by atoms with Crippen molar-refractivity contribution in [3.05, 3.63) is 82.6 Å². The van der Waals surface area contributed by atoms with Crippen LogP contribution >= 0.6 is 11.8 Å². The molecule has 0 saturated carbocycles. The zero-order valence-electron chi connectivity index (χ0n) is 18.4. The van der Waals surface area contributed by atoms with Crippen molar-refractivity contribution in [1.29, 1.82) is 0 Å². The molecule has 1 heterocycles. The maximum Gasteiger partial charge on any atom is 0.266 e. The Morgan fingerprint density at radius 2 is 1.64 bits per heavy atom. The molecule has 8 heteroatoms. The summed E-state index contributed by atoms with van der Waals surface area (Å²) in [6.45, 7) is 0. The highest BCUT2D eigenvalue weighted by molar-refractivity contribution is 7.99. The van der Waals surface area contributed by atoms with E-state index in [0.29, 0.717) is 44.6 Å². The largest absolute Gasteiger partial charge is 0.497 e. The van der Waals surface area contributed by atoms with Gasteiger partial charge in [-0.05, 0) is 36.4 Å². The molecule has 0 aliphatic carbocycles. The van der Waals surface area contributed by atoms with Gasteiger partial charge >= 0.3 is 0 Å². The van der Waals surface area contributed by atoms with Crippen molar-refractivity contribution in [2.75, 3.05) is 27.1 Å². The van der Waals surface area contributed by atoms with Gasteiger partial charge in [-0.25, -0.2) is 4.98 Å². The van der Waals surface area contributed by atoms with Gasteiger partial charge in [0.25, 0.3) is 5.56 Å². The first-order valence-electron chi connectivity index (χ1n) is 10.1. The number of hydrogen-bond acceptors (Lipinski definition) is 7. The first-order chi connectivity index (χ1) is 16.1. The third-order valence-electron chi connectivity index (χ3n) is 5.11. The number of thioether (sulfide) groups is 1. The molecule has 168 valence electrons. The highest BCUT2D eigenvalue weighted by Gasteiger charge is 2.19. The Morgan fingerprint density at radius 1 is 0.909 bits per heavy atom. The summed E-state index contributed by atoms with van der Waals surface area (Å²) in [7, 11) is 4.60. The summed E-state index contributed by atoms with van der Waals surface area (Å²) in [6, 6.07) is 19.4. The van der Waals surface area contributed by atoms with Crippen LogP contribution in [0.2, 0.25) is 0 Å². The van der Waals surface area contributed by atoms with E-state index >= 15 is 0 Å². The molecule has 0 N–H and O–H groups in total. The Morgan fingerprint density at radius 3 is 2.39 bits per heavy atom. The summed E-state index contributed by atoms with van der Waals surface area (Å²) in [5, 5.41) is 0.875. The molecular weight excluding hydrogens is 440 g/mol. The van der Waals surface area contributed by atoms with Crippen LogP contribution in [-0.2, 0) is 0 Å².